The third-order valence-electron chi connectivity index (χ3n) is 4.41. The van der Waals surface area contributed by atoms with Crippen molar-refractivity contribution in [1.29, 1.82) is 0 Å². The van der Waals surface area contributed by atoms with Crippen molar-refractivity contribution in [3.8, 4) is 0 Å². The first-order chi connectivity index (χ1) is 9.32. The maximum atomic E-state index is 12.9. The highest BCUT2D eigenvalue weighted by Crippen LogP contribution is 2.38. The Morgan fingerprint density at radius 2 is 1.90 bits per heavy atom. The summed E-state index contributed by atoms with van der Waals surface area (Å²) in [6, 6.07) is -0.391. The van der Waals surface area contributed by atoms with Crippen molar-refractivity contribution in [2.45, 2.75) is 65.0 Å². The number of piperazine rings is 1. The van der Waals surface area contributed by atoms with Gasteiger partial charge in [-0.1, -0.05) is 45.8 Å². The minimum Gasteiger partial charge on any atom is -0.340 e. The Morgan fingerprint density at radius 3 is 2.40 bits per heavy atom. The van der Waals surface area contributed by atoms with E-state index < -0.39 is 11.6 Å². The van der Waals surface area contributed by atoms with Gasteiger partial charge in [-0.25, -0.2) is 0 Å². The summed E-state index contributed by atoms with van der Waals surface area (Å²) in [4.78, 5) is 27.3. The number of allylic oxidation sites excluding steroid dienone is 1. The monoisotopic (exact) mass is 278 g/mol. The average Bonchev–Trinajstić information content (AvgIpc) is 2.79. The van der Waals surface area contributed by atoms with Crippen LogP contribution >= 0.6 is 0 Å². The van der Waals surface area contributed by atoms with Crippen LogP contribution in [0.25, 0.3) is 0 Å². The molecule has 1 N–H and O–H groups in total. The van der Waals surface area contributed by atoms with E-state index in [1.54, 1.807) is 4.90 Å². The molecule has 0 aromatic rings. The van der Waals surface area contributed by atoms with Crippen LogP contribution < -0.4 is 5.32 Å². The van der Waals surface area contributed by atoms with Gasteiger partial charge in [-0.2, -0.15) is 0 Å². The van der Waals surface area contributed by atoms with E-state index in [1.807, 2.05) is 39.8 Å². The standard InChI is InChI=1S/C16H26N2O2/c1-5-6-11-18-12(15(2,3)4)13(19)17-16(14(18)20)9-7-8-10-16/h5-6,12H,7-11H2,1-4H3,(H,17,19)/b6-5+. The molecule has 20 heavy (non-hydrogen) atoms. The minimum atomic E-state index is -0.625. The van der Waals surface area contributed by atoms with Crippen molar-refractivity contribution in [1.82, 2.24) is 10.2 Å². The van der Waals surface area contributed by atoms with E-state index >= 15 is 0 Å². The molecule has 1 atom stereocenters. The number of hydrogen-bond donors (Lipinski definition) is 1. The number of nitrogens with one attached hydrogen (secondary N) is 1. The average molecular weight is 278 g/mol. The topological polar surface area (TPSA) is 49.4 Å². The summed E-state index contributed by atoms with van der Waals surface area (Å²) >= 11 is 0. The summed E-state index contributed by atoms with van der Waals surface area (Å²) in [6.07, 6.45) is 7.48. The lowest BCUT2D eigenvalue weighted by Crippen LogP contribution is -2.71. The smallest absolute Gasteiger partial charge is 0.249 e. The molecule has 0 bridgehead atoms. The van der Waals surface area contributed by atoms with Gasteiger partial charge in [0.2, 0.25) is 11.8 Å². The van der Waals surface area contributed by atoms with Crippen LogP contribution in [-0.4, -0.2) is 34.8 Å². The SMILES string of the molecule is C/C=C/CN1C(=O)C2(CCCC2)NC(=O)C1C(C)(C)C. The van der Waals surface area contributed by atoms with Gasteiger partial charge in [0, 0.05) is 6.54 Å². The maximum Gasteiger partial charge on any atom is 0.249 e. The normalized spacial score (nSPS) is 26.6. The van der Waals surface area contributed by atoms with Crippen molar-refractivity contribution in [3.05, 3.63) is 12.2 Å². The van der Waals surface area contributed by atoms with Crippen molar-refractivity contribution in [2.24, 2.45) is 5.41 Å². The number of rotatable bonds is 2. The second-order valence-electron chi connectivity index (χ2n) is 7.07. The Morgan fingerprint density at radius 1 is 1.30 bits per heavy atom. The molecule has 1 heterocycles. The molecule has 1 unspecified atom stereocenters. The van der Waals surface area contributed by atoms with Crippen LogP contribution in [0, 0.1) is 5.41 Å². The van der Waals surface area contributed by atoms with Gasteiger partial charge in [-0.15, -0.1) is 0 Å². The number of nitrogens with zero attached hydrogens (tertiary/aromatic N) is 1. The molecule has 2 aliphatic rings. The van der Waals surface area contributed by atoms with E-state index in [0.29, 0.717) is 6.54 Å². The number of amides is 2. The van der Waals surface area contributed by atoms with E-state index in [9.17, 15) is 9.59 Å². The first-order valence-corrected chi connectivity index (χ1v) is 7.56. The Hall–Kier alpha value is -1.32. The summed E-state index contributed by atoms with van der Waals surface area (Å²) in [5, 5.41) is 3.05. The molecule has 2 amide bonds. The molecular formula is C16H26N2O2. The van der Waals surface area contributed by atoms with Gasteiger partial charge in [-0.05, 0) is 25.2 Å². The van der Waals surface area contributed by atoms with Crippen LogP contribution in [-0.2, 0) is 9.59 Å². The summed E-state index contributed by atoms with van der Waals surface area (Å²) in [5.41, 5.74) is -0.887. The summed E-state index contributed by atoms with van der Waals surface area (Å²) < 4.78 is 0. The van der Waals surface area contributed by atoms with Crippen molar-refractivity contribution in [3.63, 3.8) is 0 Å². The maximum absolute atomic E-state index is 12.9. The lowest BCUT2D eigenvalue weighted by molar-refractivity contribution is -0.158. The zero-order valence-electron chi connectivity index (χ0n) is 13.0. The fourth-order valence-corrected chi connectivity index (χ4v) is 3.48. The van der Waals surface area contributed by atoms with Crippen LogP contribution in [0.4, 0.5) is 0 Å². The molecule has 4 nitrogen and oxygen atoms in total. The predicted molar refractivity (Wildman–Crippen MR) is 79.1 cm³/mol. The van der Waals surface area contributed by atoms with Gasteiger partial charge >= 0.3 is 0 Å². The number of carbonyl (C=O) groups is 2. The molecule has 112 valence electrons. The van der Waals surface area contributed by atoms with Gasteiger partial charge in [0.25, 0.3) is 0 Å². The second-order valence-corrected chi connectivity index (χ2v) is 7.07. The van der Waals surface area contributed by atoms with Crippen LogP contribution in [0.3, 0.4) is 0 Å². The molecule has 1 aliphatic heterocycles. The molecular weight excluding hydrogens is 252 g/mol. The molecule has 1 saturated heterocycles. The highest BCUT2D eigenvalue weighted by Gasteiger charge is 2.54. The quantitative estimate of drug-likeness (QED) is 0.788. The molecule has 1 aliphatic carbocycles. The van der Waals surface area contributed by atoms with Crippen molar-refractivity contribution in [2.75, 3.05) is 6.54 Å². The largest absolute Gasteiger partial charge is 0.340 e. The van der Waals surface area contributed by atoms with Gasteiger partial charge in [-0.3, -0.25) is 9.59 Å². The van der Waals surface area contributed by atoms with Crippen LogP contribution in [0.15, 0.2) is 12.2 Å². The molecule has 0 aromatic heterocycles. The highest BCUT2D eigenvalue weighted by atomic mass is 16.2. The predicted octanol–water partition coefficient (Wildman–Crippen LogP) is 2.25. The Balaban J connectivity index is 2.36. The van der Waals surface area contributed by atoms with Gasteiger partial charge in [0.05, 0.1) is 0 Å². The molecule has 0 radical (unpaired) electrons. The van der Waals surface area contributed by atoms with Crippen LogP contribution in [0.2, 0.25) is 0 Å². The van der Waals surface area contributed by atoms with E-state index in [4.69, 9.17) is 0 Å². The van der Waals surface area contributed by atoms with E-state index in [1.165, 1.54) is 0 Å². The summed E-state index contributed by atoms with van der Waals surface area (Å²) in [5.74, 6) is 0.108. The minimum absolute atomic E-state index is 0.00324. The molecule has 2 fully saturated rings. The van der Waals surface area contributed by atoms with Gasteiger partial charge in [0.1, 0.15) is 11.6 Å². The zero-order chi connectivity index (χ0) is 15.0. The van der Waals surface area contributed by atoms with Crippen molar-refractivity contribution >= 4 is 11.8 Å². The lowest BCUT2D eigenvalue weighted by atomic mass is 9.80. The van der Waals surface area contributed by atoms with E-state index in [0.717, 1.165) is 25.7 Å². The zero-order valence-corrected chi connectivity index (χ0v) is 13.0. The van der Waals surface area contributed by atoms with Crippen LogP contribution in [0.1, 0.15) is 53.4 Å². The number of carbonyl (C=O) groups excluding carboxylic acids is 2. The Bertz CT molecular complexity index is 428. The molecule has 1 saturated carbocycles. The molecule has 2 rings (SSSR count). The van der Waals surface area contributed by atoms with E-state index in [2.05, 4.69) is 5.32 Å². The highest BCUT2D eigenvalue weighted by molar-refractivity contribution is 6.00. The van der Waals surface area contributed by atoms with Crippen LogP contribution in [0.5, 0.6) is 0 Å². The lowest BCUT2D eigenvalue weighted by Gasteiger charge is -2.48. The molecule has 0 aromatic carbocycles. The second kappa shape index (κ2) is 5.23. The van der Waals surface area contributed by atoms with Gasteiger partial charge < -0.3 is 10.2 Å². The van der Waals surface area contributed by atoms with E-state index in [-0.39, 0.29) is 17.2 Å². The summed E-state index contributed by atoms with van der Waals surface area (Å²) in [7, 11) is 0. The number of hydrogen-bond acceptors (Lipinski definition) is 2. The fourth-order valence-electron chi connectivity index (χ4n) is 3.48. The first-order valence-electron chi connectivity index (χ1n) is 7.56. The Labute approximate surface area is 121 Å². The fraction of sp³-hybridized carbons (Fsp3) is 0.750. The summed E-state index contributed by atoms with van der Waals surface area (Å²) in [6.45, 7) is 8.50. The first kappa shape index (κ1) is 15.1. The third kappa shape index (κ3) is 2.48. The molecule has 1 spiro atoms. The van der Waals surface area contributed by atoms with Gasteiger partial charge in [0.15, 0.2) is 0 Å². The molecule has 4 heteroatoms. The Kier molecular flexibility index (Phi) is 3.94. The third-order valence-corrected chi connectivity index (χ3v) is 4.41. The van der Waals surface area contributed by atoms with Crippen molar-refractivity contribution < 1.29 is 9.59 Å².